The zero-order chi connectivity index (χ0) is 18.8. The summed E-state index contributed by atoms with van der Waals surface area (Å²) in [5.41, 5.74) is 5.67. The van der Waals surface area contributed by atoms with Crippen molar-refractivity contribution in [3.63, 3.8) is 0 Å². The molecular weight excluding hydrogens is 332 g/mol. The molecule has 0 fully saturated rings. The third-order valence-electron chi connectivity index (χ3n) is 4.94. The molecular formula is C24H22N2O. The molecule has 0 aliphatic rings. The Kier molecular flexibility index (Phi) is 4.59. The van der Waals surface area contributed by atoms with E-state index < -0.39 is 0 Å². The molecule has 3 nitrogen and oxygen atoms in total. The Labute approximate surface area is 159 Å². The van der Waals surface area contributed by atoms with Crippen molar-refractivity contribution in [2.45, 2.75) is 26.7 Å². The van der Waals surface area contributed by atoms with Crippen molar-refractivity contribution < 1.29 is 4.79 Å². The SMILES string of the molecule is CCc1ccc(-n2c(CC)nc3cc(C(=O)c4ccccc4)ccc32)cc1. The van der Waals surface area contributed by atoms with Crippen LogP contribution in [0.4, 0.5) is 0 Å². The van der Waals surface area contributed by atoms with Gasteiger partial charge in [-0.15, -0.1) is 0 Å². The van der Waals surface area contributed by atoms with Crippen LogP contribution < -0.4 is 0 Å². The second-order valence-corrected chi connectivity index (χ2v) is 6.64. The molecule has 0 radical (unpaired) electrons. The van der Waals surface area contributed by atoms with Gasteiger partial charge in [0, 0.05) is 23.2 Å². The van der Waals surface area contributed by atoms with Gasteiger partial charge in [-0.05, 0) is 42.3 Å². The van der Waals surface area contributed by atoms with Crippen LogP contribution in [0.1, 0.15) is 41.2 Å². The predicted molar refractivity (Wildman–Crippen MR) is 110 cm³/mol. The lowest BCUT2D eigenvalue weighted by atomic mass is 10.0. The lowest BCUT2D eigenvalue weighted by Crippen LogP contribution is -2.01. The van der Waals surface area contributed by atoms with Crippen LogP contribution >= 0.6 is 0 Å². The Morgan fingerprint density at radius 3 is 2.26 bits per heavy atom. The number of benzene rings is 3. The van der Waals surface area contributed by atoms with Gasteiger partial charge in [-0.3, -0.25) is 9.36 Å². The molecule has 0 atom stereocenters. The van der Waals surface area contributed by atoms with Crippen LogP contribution in [0.25, 0.3) is 16.7 Å². The van der Waals surface area contributed by atoms with E-state index in [4.69, 9.17) is 4.98 Å². The third-order valence-corrected chi connectivity index (χ3v) is 4.94. The van der Waals surface area contributed by atoms with Crippen molar-refractivity contribution in [2.24, 2.45) is 0 Å². The number of nitrogens with zero attached hydrogens (tertiary/aromatic N) is 2. The molecule has 3 aromatic carbocycles. The van der Waals surface area contributed by atoms with Gasteiger partial charge >= 0.3 is 0 Å². The predicted octanol–water partition coefficient (Wildman–Crippen LogP) is 5.38. The van der Waals surface area contributed by atoms with Gasteiger partial charge < -0.3 is 0 Å². The van der Waals surface area contributed by atoms with Crippen molar-refractivity contribution in [3.05, 3.63) is 95.3 Å². The summed E-state index contributed by atoms with van der Waals surface area (Å²) in [5, 5.41) is 0. The van der Waals surface area contributed by atoms with Crippen molar-refractivity contribution in [1.29, 1.82) is 0 Å². The van der Waals surface area contributed by atoms with E-state index in [1.165, 1.54) is 5.56 Å². The fraction of sp³-hybridized carbons (Fsp3) is 0.167. The largest absolute Gasteiger partial charge is 0.296 e. The molecule has 4 rings (SSSR count). The van der Waals surface area contributed by atoms with E-state index in [-0.39, 0.29) is 5.78 Å². The summed E-state index contributed by atoms with van der Waals surface area (Å²) in [4.78, 5) is 17.6. The van der Waals surface area contributed by atoms with E-state index in [1.54, 1.807) is 0 Å². The Hall–Kier alpha value is -3.20. The summed E-state index contributed by atoms with van der Waals surface area (Å²) >= 11 is 0. The molecule has 0 aliphatic heterocycles. The van der Waals surface area contributed by atoms with E-state index in [2.05, 4.69) is 42.7 Å². The molecule has 134 valence electrons. The molecule has 1 heterocycles. The zero-order valence-corrected chi connectivity index (χ0v) is 15.6. The van der Waals surface area contributed by atoms with Crippen LogP contribution in [-0.4, -0.2) is 15.3 Å². The van der Waals surface area contributed by atoms with Gasteiger partial charge in [0.05, 0.1) is 11.0 Å². The van der Waals surface area contributed by atoms with Crippen LogP contribution in [-0.2, 0) is 12.8 Å². The van der Waals surface area contributed by atoms with E-state index in [0.29, 0.717) is 11.1 Å². The van der Waals surface area contributed by atoms with Crippen LogP contribution in [0.5, 0.6) is 0 Å². The molecule has 0 amide bonds. The van der Waals surface area contributed by atoms with Crippen LogP contribution in [0.3, 0.4) is 0 Å². The summed E-state index contributed by atoms with van der Waals surface area (Å²) in [7, 11) is 0. The summed E-state index contributed by atoms with van der Waals surface area (Å²) in [6.45, 7) is 4.26. The summed E-state index contributed by atoms with van der Waals surface area (Å²) in [6, 6.07) is 23.8. The Balaban J connectivity index is 1.80. The lowest BCUT2D eigenvalue weighted by molar-refractivity contribution is 0.103. The van der Waals surface area contributed by atoms with Crippen molar-refractivity contribution in [3.8, 4) is 5.69 Å². The average Bonchev–Trinajstić information content (AvgIpc) is 3.11. The molecule has 4 aromatic rings. The van der Waals surface area contributed by atoms with E-state index in [1.807, 2.05) is 48.5 Å². The maximum atomic E-state index is 12.8. The first kappa shape index (κ1) is 17.2. The third kappa shape index (κ3) is 3.17. The molecule has 0 saturated heterocycles. The molecule has 27 heavy (non-hydrogen) atoms. The molecule has 1 aromatic heterocycles. The zero-order valence-electron chi connectivity index (χ0n) is 15.6. The van der Waals surface area contributed by atoms with Crippen molar-refractivity contribution >= 4 is 16.8 Å². The standard InChI is InChI=1S/C24H22N2O/c1-3-17-10-13-20(14-11-17)26-22-15-12-19(16-21(22)25-23(26)4-2)24(27)18-8-6-5-7-9-18/h5-16H,3-4H2,1-2H3. The Morgan fingerprint density at radius 1 is 0.852 bits per heavy atom. The highest BCUT2D eigenvalue weighted by molar-refractivity contribution is 6.10. The van der Waals surface area contributed by atoms with Crippen LogP contribution in [0, 0.1) is 0 Å². The number of ketones is 1. The normalized spacial score (nSPS) is 11.0. The summed E-state index contributed by atoms with van der Waals surface area (Å²) in [6.07, 6.45) is 1.85. The molecule has 0 N–H and O–H groups in total. The maximum Gasteiger partial charge on any atom is 0.193 e. The molecule has 3 heteroatoms. The molecule has 0 aliphatic carbocycles. The van der Waals surface area contributed by atoms with Gasteiger partial charge in [0.25, 0.3) is 0 Å². The number of carbonyl (C=O) groups is 1. The highest BCUT2D eigenvalue weighted by atomic mass is 16.1. The van der Waals surface area contributed by atoms with Gasteiger partial charge in [0.15, 0.2) is 5.78 Å². The first-order chi connectivity index (χ1) is 13.2. The highest BCUT2D eigenvalue weighted by Gasteiger charge is 2.15. The first-order valence-corrected chi connectivity index (χ1v) is 9.41. The minimum Gasteiger partial charge on any atom is -0.296 e. The van der Waals surface area contributed by atoms with E-state index in [0.717, 1.165) is 35.4 Å². The van der Waals surface area contributed by atoms with Crippen molar-refractivity contribution in [1.82, 2.24) is 9.55 Å². The number of aromatic nitrogens is 2. The molecule has 0 spiro atoms. The monoisotopic (exact) mass is 354 g/mol. The minimum absolute atomic E-state index is 0.0254. The van der Waals surface area contributed by atoms with Gasteiger partial charge in [0.2, 0.25) is 0 Å². The van der Waals surface area contributed by atoms with Crippen LogP contribution in [0.2, 0.25) is 0 Å². The molecule has 0 saturated carbocycles. The molecule has 0 bridgehead atoms. The number of carbonyl (C=O) groups excluding carboxylic acids is 1. The number of hydrogen-bond acceptors (Lipinski definition) is 2. The van der Waals surface area contributed by atoms with Gasteiger partial charge in [-0.2, -0.15) is 0 Å². The number of hydrogen-bond donors (Lipinski definition) is 0. The average molecular weight is 354 g/mol. The fourth-order valence-electron chi connectivity index (χ4n) is 3.43. The fourth-order valence-corrected chi connectivity index (χ4v) is 3.43. The summed E-state index contributed by atoms with van der Waals surface area (Å²) in [5.74, 6) is 1.02. The summed E-state index contributed by atoms with van der Waals surface area (Å²) < 4.78 is 2.19. The second kappa shape index (κ2) is 7.20. The first-order valence-electron chi connectivity index (χ1n) is 9.41. The number of aryl methyl sites for hydroxylation is 2. The Morgan fingerprint density at radius 2 is 1.59 bits per heavy atom. The quantitative estimate of drug-likeness (QED) is 0.451. The van der Waals surface area contributed by atoms with E-state index >= 15 is 0 Å². The Bertz CT molecular complexity index is 1090. The van der Waals surface area contributed by atoms with Crippen molar-refractivity contribution in [2.75, 3.05) is 0 Å². The number of rotatable bonds is 5. The maximum absolute atomic E-state index is 12.8. The van der Waals surface area contributed by atoms with Gasteiger partial charge in [0.1, 0.15) is 5.82 Å². The van der Waals surface area contributed by atoms with Crippen LogP contribution in [0.15, 0.2) is 72.8 Å². The van der Waals surface area contributed by atoms with Gasteiger partial charge in [-0.25, -0.2) is 4.98 Å². The minimum atomic E-state index is 0.0254. The highest BCUT2D eigenvalue weighted by Crippen LogP contribution is 2.24. The topological polar surface area (TPSA) is 34.9 Å². The lowest BCUT2D eigenvalue weighted by Gasteiger charge is -2.09. The number of imidazole rings is 1. The smallest absolute Gasteiger partial charge is 0.193 e. The molecule has 0 unspecified atom stereocenters. The number of fused-ring (bicyclic) bond motifs is 1. The van der Waals surface area contributed by atoms with E-state index in [9.17, 15) is 4.79 Å². The second-order valence-electron chi connectivity index (χ2n) is 6.64. The van der Waals surface area contributed by atoms with Gasteiger partial charge in [-0.1, -0.05) is 56.3 Å².